The van der Waals surface area contributed by atoms with Crippen LogP contribution in [0.2, 0.25) is 0 Å². The van der Waals surface area contributed by atoms with Gasteiger partial charge in [-0.25, -0.2) is 0 Å². The first-order valence-corrected chi connectivity index (χ1v) is 3.62. The van der Waals surface area contributed by atoms with E-state index in [9.17, 15) is 0 Å². The van der Waals surface area contributed by atoms with E-state index in [0.717, 1.165) is 5.82 Å². The lowest BCUT2D eigenvalue weighted by Gasteiger charge is -2.08. The van der Waals surface area contributed by atoms with Crippen molar-refractivity contribution in [2.45, 2.75) is 0 Å². The summed E-state index contributed by atoms with van der Waals surface area (Å²) in [4.78, 5) is 1.88. The van der Waals surface area contributed by atoms with E-state index < -0.39 is 0 Å². The Labute approximate surface area is 69.9 Å². The molecule has 2 heterocycles. The van der Waals surface area contributed by atoms with Crippen molar-refractivity contribution < 1.29 is 0 Å². The molecule has 4 nitrogen and oxygen atoms in total. The number of hydrogen-bond donors (Lipinski definition) is 1. The number of anilines is 1. The number of allylic oxidation sites excluding steroid dienone is 4. The Hall–Kier alpha value is -1.84. The molecule has 0 unspecified atom stereocenters. The van der Waals surface area contributed by atoms with Crippen LogP contribution in [0.4, 0.5) is 5.82 Å². The van der Waals surface area contributed by atoms with Crippen molar-refractivity contribution in [3.8, 4) is 0 Å². The second-order valence-corrected chi connectivity index (χ2v) is 2.30. The molecule has 0 fully saturated rings. The molecule has 0 bridgehead atoms. The maximum absolute atomic E-state index is 3.94. The SMILES string of the molecule is C1=CC=CN(c2cn[nH]n2)C=C1. The van der Waals surface area contributed by atoms with Gasteiger partial charge in [-0.1, -0.05) is 12.2 Å². The summed E-state index contributed by atoms with van der Waals surface area (Å²) in [6.45, 7) is 0. The van der Waals surface area contributed by atoms with Gasteiger partial charge in [0, 0.05) is 12.4 Å². The minimum absolute atomic E-state index is 0.784. The Morgan fingerprint density at radius 3 is 2.42 bits per heavy atom. The summed E-state index contributed by atoms with van der Waals surface area (Å²) < 4.78 is 0. The van der Waals surface area contributed by atoms with E-state index >= 15 is 0 Å². The predicted octanol–water partition coefficient (Wildman–Crippen LogP) is 1.21. The van der Waals surface area contributed by atoms with Gasteiger partial charge < -0.3 is 4.90 Å². The van der Waals surface area contributed by atoms with Crippen LogP contribution in [0, 0.1) is 0 Å². The van der Waals surface area contributed by atoms with Crippen LogP contribution in [0.15, 0.2) is 42.9 Å². The average molecular weight is 160 g/mol. The quantitative estimate of drug-likeness (QED) is 0.671. The molecular weight excluding hydrogens is 152 g/mol. The number of aromatic nitrogens is 3. The summed E-state index contributed by atoms with van der Waals surface area (Å²) in [5.74, 6) is 0.784. The Bertz CT molecular complexity index is 305. The third-order valence-corrected chi connectivity index (χ3v) is 1.49. The van der Waals surface area contributed by atoms with Gasteiger partial charge in [0.1, 0.15) is 0 Å². The Kier molecular flexibility index (Phi) is 1.74. The highest BCUT2D eigenvalue weighted by Crippen LogP contribution is 2.09. The number of hydrogen-bond acceptors (Lipinski definition) is 3. The van der Waals surface area contributed by atoms with Gasteiger partial charge in [0.2, 0.25) is 0 Å². The molecule has 4 heteroatoms. The van der Waals surface area contributed by atoms with E-state index in [1.54, 1.807) is 6.20 Å². The van der Waals surface area contributed by atoms with E-state index in [1.165, 1.54) is 0 Å². The molecule has 12 heavy (non-hydrogen) atoms. The summed E-state index contributed by atoms with van der Waals surface area (Å²) in [5, 5.41) is 10.2. The molecule has 60 valence electrons. The molecule has 0 spiro atoms. The zero-order valence-electron chi connectivity index (χ0n) is 6.38. The Morgan fingerprint density at radius 1 is 1.08 bits per heavy atom. The van der Waals surface area contributed by atoms with Crippen LogP contribution >= 0.6 is 0 Å². The van der Waals surface area contributed by atoms with Gasteiger partial charge in [-0.2, -0.15) is 10.3 Å². The van der Waals surface area contributed by atoms with E-state index in [0.29, 0.717) is 0 Å². The van der Waals surface area contributed by atoms with Crippen molar-refractivity contribution in [3.05, 3.63) is 42.9 Å². The monoisotopic (exact) mass is 160 g/mol. The fourth-order valence-corrected chi connectivity index (χ4v) is 0.936. The molecule has 0 saturated carbocycles. The van der Waals surface area contributed by atoms with Crippen molar-refractivity contribution >= 4 is 5.82 Å². The molecule has 0 aromatic carbocycles. The smallest absolute Gasteiger partial charge is 0.178 e. The fraction of sp³-hybridized carbons (Fsp3) is 0. The summed E-state index contributed by atoms with van der Waals surface area (Å²) in [6.07, 6.45) is 13.3. The van der Waals surface area contributed by atoms with Crippen LogP contribution in [0.3, 0.4) is 0 Å². The molecule has 0 saturated heterocycles. The van der Waals surface area contributed by atoms with Crippen molar-refractivity contribution in [1.82, 2.24) is 15.4 Å². The first-order chi connectivity index (χ1) is 5.97. The average Bonchev–Trinajstić information content (AvgIpc) is 2.48. The van der Waals surface area contributed by atoms with E-state index in [4.69, 9.17) is 0 Å². The largest absolute Gasteiger partial charge is 0.306 e. The minimum Gasteiger partial charge on any atom is -0.306 e. The first kappa shape index (κ1) is 6.84. The van der Waals surface area contributed by atoms with Crippen molar-refractivity contribution in [3.63, 3.8) is 0 Å². The van der Waals surface area contributed by atoms with Crippen molar-refractivity contribution in [2.24, 2.45) is 0 Å². The van der Waals surface area contributed by atoms with Crippen LogP contribution in [0.25, 0.3) is 0 Å². The van der Waals surface area contributed by atoms with Crippen LogP contribution in [0.5, 0.6) is 0 Å². The van der Waals surface area contributed by atoms with Crippen LogP contribution in [0.1, 0.15) is 0 Å². The highest BCUT2D eigenvalue weighted by molar-refractivity contribution is 5.45. The van der Waals surface area contributed by atoms with Crippen LogP contribution < -0.4 is 4.90 Å². The topological polar surface area (TPSA) is 44.8 Å². The normalized spacial score (nSPS) is 15.2. The molecule has 0 aliphatic carbocycles. The molecule has 1 aromatic heterocycles. The number of nitrogens with zero attached hydrogens (tertiary/aromatic N) is 3. The van der Waals surface area contributed by atoms with E-state index in [-0.39, 0.29) is 0 Å². The highest BCUT2D eigenvalue weighted by atomic mass is 15.4. The lowest BCUT2D eigenvalue weighted by atomic mass is 10.5. The van der Waals surface area contributed by atoms with E-state index in [2.05, 4.69) is 15.4 Å². The Morgan fingerprint density at radius 2 is 1.83 bits per heavy atom. The second kappa shape index (κ2) is 3.04. The number of H-pyrrole nitrogens is 1. The van der Waals surface area contributed by atoms with Gasteiger partial charge in [-0.05, 0) is 12.2 Å². The van der Waals surface area contributed by atoms with Crippen molar-refractivity contribution in [2.75, 3.05) is 4.90 Å². The highest BCUT2D eigenvalue weighted by Gasteiger charge is 2.01. The van der Waals surface area contributed by atoms with Crippen LogP contribution in [-0.2, 0) is 0 Å². The Balaban J connectivity index is 2.25. The lowest BCUT2D eigenvalue weighted by Crippen LogP contribution is -2.06. The second-order valence-electron chi connectivity index (χ2n) is 2.30. The third-order valence-electron chi connectivity index (χ3n) is 1.49. The molecule has 0 atom stereocenters. The molecule has 0 amide bonds. The maximum atomic E-state index is 3.94. The molecular formula is C8H8N4. The fourth-order valence-electron chi connectivity index (χ4n) is 0.936. The van der Waals surface area contributed by atoms with Gasteiger partial charge in [0.15, 0.2) is 5.82 Å². The molecule has 0 radical (unpaired) electrons. The predicted molar refractivity (Wildman–Crippen MR) is 46.3 cm³/mol. The zero-order valence-corrected chi connectivity index (χ0v) is 6.38. The maximum Gasteiger partial charge on any atom is 0.178 e. The molecule has 1 aliphatic heterocycles. The molecule has 1 aliphatic rings. The molecule has 1 N–H and O–H groups in total. The first-order valence-electron chi connectivity index (χ1n) is 3.62. The standard InChI is InChI=1S/C8H8N4/c1-2-4-6-12(5-3-1)8-7-9-11-10-8/h1-7H,(H,9,10,11). The third kappa shape index (κ3) is 1.27. The molecule has 1 aromatic rings. The number of rotatable bonds is 1. The van der Waals surface area contributed by atoms with Gasteiger partial charge >= 0.3 is 0 Å². The van der Waals surface area contributed by atoms with Gasteiger partial charge in [0.05, 0.1) is 6.20 Å². The minimum atomic E-state index is 0.784. The molecule has 2 rings (SSSR count). The van der Waals surface area contributed by atoms with Gasteiger partial charge in [-0.3, -0.25) is 0 Å². The zero-order chi connectivity index (χ0) is 8.23. The van der Waals surface area contributed by atoms with E-state index in [1.807, 2.05) is 41.6 Å². The van der Waals surface area contributed by atoms with Crippen molar-refractivity contribution in [1.29, 1.82) is 0 Å². The van der Waals surface area contributed by atoms with Gasteiger partial charge in [0.25, 0.3) is 0 Å². The van der Waals surface area contributed by atoms with Gasteiger partial charge in [-0.15, -0.1) is 5.10 Å². The van der Waals surface area contributed by atoms with Crippen LogP contribution in [-0.4, -0.2) is 15.4 Å². The lowest BCUT2D eigenvalue weighted by molar-refractivity contribution is 0.935. The number of aromatic amines is 1. The summed E-state index contributed by atoms with van der Waals surface area (Å²) in [7, 11) is 0. The summed E-state index contributed by atoms with van der Waals surface area (Å²) in [5.41, 5.74) is 0. The summed E-state index contributed by atoms with van der Waals surface area (Å²) in [6, 6.07) is 0. The number of nitrogens with one attached hydrogen (secondary N) is 1. The summed E-state index contributed by atoms with van der Waals surface area (Å²) >= 11 is 0.